The van der Waals surface area contributed by atoms with E-state index in [0.29, 0.717) is 11.1 Å². The van der Waals surface area contributed by atoms with E-state index in [4.69, 9.17) is 16.0 Å². The number of rotatable bonds is 2. The molecule has 0 spiro atoms. The van der Waals surface area contributed by atoms with Crippen LogP contribution < -0.4 is 5.73 Å². The van der Waals surface area contributed by atoms with Crippen molar-refractivity contribution in [1.29, 1.82) is 0 Å². The summed E-state index contributed by atoms with van der Waals surface area (Å²) in [5.74, 6) is -1.10. The number of hydrogen-bond acceptors (Lipinski definition) is 3. The predicted octanol–water partition coefficient (Wildman–Crippen LogP) is 1.40. The fourth-order valence-corrected chi connectivity index (χ4v) is 1.59. The molecule has 0 fully saturated rings. The molecule has 0 unspecified atom stereocenters. The van der Waals surface area contributed by atoms with Crippen LogP contribution in [0.25, 0.3) is 0 Å². The zero-order chi connectivity index (χ0) is 12.5. The van der Waals surface area contributed by atoms with E-state index in [1.807, 2.05) is 6.92 Å². The third kappa shape index (κ3) is 1.84. The molecule has 0 saturated heterocycles. The van der Waals surface area contributed by atoms with Gasteiger partial charge in [-0.2, -0.15) is 0 Å². The second-order valence-electron chi connectivity index (χ2n) is 3.64. The Morgan fingerprint density at radius 1 is 1.19 bits per heavy atom. The maximum Gasteiger partial charge on any atom is 0.335 e. The molecule has 0 aromatic heterocycles. The molecular weight excluding hydrogens is 208 g/mol. The molecule has 4 N–H and O–H groups in total. The molecule has 16 heavy (non-hydrogen) atoms. The summed E-state index contributed by atoms with van der Waals surface area (Å²) in [6.45, 7) is 5.36. The van der Waals surface area contributed by atoms with Crippen LogP contribution in [0.4, 0.5) is 0 Å². The van der Waals surface area contributed by atoms with Gasteiger partial charge >= 0.3 is 5.97 Å². The van der Waals surface area contributed by atoms with Gasteiger partial charge in [-0.15, -0.1) is 0 Å². The number of nitrogens with two attached hydrogens (primary N) is 1. The van der Waals surface area contributed by atoms with Crippen LogP contribution in [-0.2, 0) is 0 Å². The van der Waals surface area contributed by atoms with Crippen molar-refractivity contribution in [2.45, 2.75) is 20.8 Å². The number of hydrogen-bond donors (Lipinski definition) is 3. The van der Waals surface area contributed by atoms with Gasteiger partial charge in [0.1, 0.15) is 0 Å². The maximum absolute atomic E-state index is 11.0. The average Bonchev–Trinajstić information content (AvgIpc) is 2.25. The van der Waals surface area contributed by atoms with E-state index in [1.165, 1.54) is 6.07 Å². The van der Waals surface area contributed by atoms with E-state index in [9.17, 15) is 4.79 Å². The van der Waals surface area contributed by atoms with Crippen LogP contribution in [-0.4, -0.2) is 22.1 Å². The van der Waals surface area contributed by atoms with Crippen LogP contribution in [0.3, 0.4) is 0 Å². The second-order valence-corrected chi connectivity index (χ2v) is 3.64. The Bertz CT molecular complexity index is 479. The summed E-state index contributed by atoms with van der Waals surface area (Å²) >= 11 is 0. The minimum Gasteiger partial charge on any atom is -0.478 e. The minimum atomic E-state index is -1.02. The SMILES string of the molecule is Cc1c(C(=O)O)cc(C(N)=NO)c(C)c1C. The summed E-state index contributed by atoms with van der Waals surface area (Å²) in [5, 5.41) is 20.5. The number of oxime groups is 1. The summed E-state index contributed by atoms with van der Waals surface area (Å²) in [4.78, 5) is 11.0. The fraction of sp³-hybridized carbons (Fsp3) is 0.273. The molecule has 1 aromatic rings. The summed E-state index contributed by atoms with van der Waals surface area (Å²) in [5.41, 5.74) is 8.45. The first-order chi connectivity index (χ1) is 7.40. The first kappa shape index (κ1) is 12.0. The summed E-state index contributed by atoms with van der Waals surface area (Å²) in [6.07, 6.45) is 0. The van der Waals surface area contributed by atoms with E-state index < -0.39 is 5.97 Å². The Kier molecular flexibility index (Phi) is 3.17. The lowest BCUT2D eigenvalue weighted by Gasteiger charge is -2.13. The second kappa shape index (κ2) is 4.22. The minimum absolute atomic E-state index is 0.0805. The third-order valence-electron chi connectivity index (χ3n) is 2.84. The van der Waals surface area contributed by atoms with Crippen molar-refractivity contribution in [2.24, 2.45) is 10.9 Å². The van der Waals surface area contributed by atoms with Gasteiger partial charge in [-0.25, -0.2) is 4.79 Å². The molecule has 5 heteroatoms. The van der Waals surface area contributed by atoms with Crippen molar-refractivity contribution in [3.05, 3.63) is 33.9 Å². The molecule has 0 bridgehead atoms. The summed E-state index contributed by atoms with van der Waals surface area (Å²) in [7, 11) is 0. The van der Waals surface area contributed by atoms with Gasteiger partial charge in [-0.1, -0.05) is 5.16 Å². The predicted molar refractivity (Wildman–Crippen MR) is 60.1 cm³/mol. The maximum atomic E-state index is 11.0. The molecule has 0 aliphatic carbocycles. The highest BCUT2D eigenvalue weighted by molar-refractivity contribution is 6.01. The van der Waals surface area contributed by atoms with Gasteiger partial charge < -0.3 is 16.0 Å². The van der Waals surface area contributed by atoms with Crippen LogP contribution in [0.2, 0.25) is 0 Å². The molecule has 0 amide bonds. The van der Waals surface area contributed by atoms with Gasteiger partial charge in [-0.3, -0.25) is 0 Å². The number of carbonyl (C=O) groups is 1. The number of carboxylic acid groups (broad SMARTS) is 1. The van der Waals surface area contributed by atoms with Gasteiger partial charge in [0, 0.05) is 5.56 Å². The molecule has 5 nitrogen and oxygen atoms in total. The van der Waals surface area contributed by atoms with Gasteiger partial charge in [0.2, 0.25) is 0 Å². The van der Waals surface area contributed by atoms with E-state index in [1.54, 1.807) is 13.8 Å². The quantitative estimate of drug-likeness (QED) is 0.305. The summed E-state index contributed by atoms with van der Waals surface area (Å²) < 4.78 is 0. The highest BCUT2D eigenvalue weighted by atomic mass is 16.4. The van der Waals surface area contributed by atoms with Crippen LogP contribution >= 0.6 is 0 Å². The lowest BCUT2D eigenvalue weighted by Crippen LogP contribution is -2.17. The Labute approximate surface area is 93.2 Å². The first-order valence-electron chi connectivity index (χ1n) is 4.72. The molecule has 86 valence electrons. The number of benzene rings is 1. The highest BCUT2D eigenvalue weighted by Gasteiger charge is 2.16. The highest BCUT2D eigenvalue weighted by Crippen LogP contribution is 2.21. The number of aromatic carboxylic acids is 1. The van der Waals surface area contributed by atoms with Crippen LogP contribution in [0, 0.1) is 20.8 Å². The lowest BCUT2D eigenvalue weighted by atomic mass is 9.93. The Balaban J connectivity index is 3.60. The zero-order valence-electron chi connectivity index (χ0n) is 9.40. The van der Waals surface area contributed by atoms with Crippen molar-refractivity contribution in [1.82, 2.24) is 0 Å². The third-order valence-corrected chi connectivity index (χ3v) is 2.84. The summed E-state index contributed by atoms with van der Waals surface area (Å²) in [6, 6.07) is 1.43. The standard InChI is InChI=1S/C11H14N2O3/c1-5-6(2)8(10(12)13-16)4-9(7(5)3)11(14)15/h4,16H,1-3H3,(H2,12,13)(H,14,15). The lowest BCUT2D eigenvalue weighted by molar-refractivity contribution is 0.0696. The normalized spacial score (nSPS) is 11.6. The fourth-order valence-electron chi connectivity index (χ4n) is 1.59. The monoisotopic (exact) mass is 222 g/mol. The Morgan fingerprint density at radius 2 is 1.69 bits per heavy atom. The topological polar surface area (TPSA) is 95.9 Å². The molecule has 0 heterocycles. The first-order valence-corrected chi connectivity index (χ1v) is 4.72. The van der Waals surface area contributed by atoms with Gasteiger partial charge in [-0.05, 0) is 43.5 Å². The number of nitrogens with zero attached hydrogens (tertiary/aromatic N) is 1. The van der Waals surface area contributed by atoms with Crippen molar-refractivity contribution in [3.63, 3.8) is 0 Å². The Hall–Kier alpha value is -2.04. The number of amidine groups is 1. The van der Waals surface area contributed by atoms with Gasteiger partial charge in [0.25, 0.3) is 0 Å². The number of carboxylic acids is 1. The van der Waals surface area contributed by atoms with E-state index in [2.05, 4.69) is 5.16 Å². The molecule has 0 atom stereocenters. The van der Waals surface area contributed by atoms with E-state index in [-0.39, 0.29) is 11.4 Å². The van der Waals surface area contributed by atoms with Gasteiger partial charge in [0.15, 0.2) is 5.84 Å². The van der Waals surface area contributed by atoms with Crippen LogP contribution in [0.1, 0.15) is 32.6 Å². The van der Waals surface area contributed by atoms with E-state index in [0.717, 1.165) is 11.1 Å². The molecule has 1 rings (SSSR count). The molecular formula is C11H14N2O3. The average molecular weight is 222 g/mol. The van der Waals surface area contributed by atoms with E-state index >= 15 is 0 Å². The molecule has 0 aliphatic heterocycles. The molecule has 0 aliphatic rings. The largest absolute Gasteiger partial charge is 0.478 e. The van der Waals surface area contributed by atoms with Crippen molar-refractivity contribution in [2.75, 3.05) is 0 Å². The van der Waals surface area contributed by atoms with Crippen molar-refractivity contribution >= 4 is 11.8 Å². The molecule has 0 radical (unpaired) electrons. The molecule has 0 saturated carbocycles. The smallest absolute Gasteiger partial charge is 0.335 e. The van der Waals surface area contributed by atoms with Gasteiger partial charge in [0.05, 0.1) is 5.56 Å². The molecule has 1 aromatic carbocycles. The Morgan fingerprint density at radius 3 is 2.12 bits per heavy atom. The van der Waals surface area contributed by atoms with Crippen LogP contribution in [0.5, 0.6) is 0 Å². The van der Waals surface area contributed by atoms with Crippen molar-refractivity contribution in [3.8, 4) is 0 Å². The van der Waals surface area contributed by atoms with Crippen LogP contribution in [0.15, 0.2) is 11.2 Å². The zero-order valence-corrected chi connectivity index (χ0v) is 9.40. The van der Waals surface area contributed by atoms with Crippen molar-refractivity contribution < 1.29 is 15.1 Å².